The van der Waals surface area contributed by atoms with E-state index in [1.165, 1.54) is 0 Å². The van der Waals surface area contributed by atoms with Gasteiger partial charge in [0.25, 0.3) is 0 Å². The quantitative estimate of drug-likeness (QED) is 0.564. The molecule has 0 aromatic carbocycles. The highest BCUT2D eigenvalue weighted by atomic mass is 32.1. The highest BCUT2D eigenvalue weighted by Crippen LogP contribution is 2.27. The molecule has 0 bridgehead atoms. The minimum absolute atomic E-state index is 0.0112. The molecule has 3 atom stereocenters. The van der Waals surface area contributed by atoms with E-state index >= 15 is 0 Å². The van der Waals surface area contributed by atoms with Gasteiger partial charge in [0.05, 0.1) is 6.10 Å². The van der Waals surface area contributed by atoms with Crippen LogP contribution in [0, 0.1) is 5.92 Å². The Kier molecular flexibility index (Phi) is 4.44. The van der Waals surface area contributed by atoms with Gasteiger partial charge in [-0.2, -0.15) is 12.6 Å². The summed E-state index contributed by atoms with van der Waals surface area (Å²) in [5.74, 6) is -0.0996. The molecule has 0 saturated heterocycles. The van der Waals surface area contributed by atoms with Crippen molar-refractivity contribution in [2.75, 3.05) is 6.61 Å². The van der Waals surface area contributed by atoms with Gasteiger partial charge in [-0.3, -0.25) is 0 Å². The molecule has 0 heterocycles. The van der Waals surface area contributed by atoms with Crippen molar-refractivity contribution in [2.45, 2.75) is 38.0 Å². The molecule has 0 rings (SSSR count). The van der Waals surface area contributed by atoms with Crippen LogP contribution in [0.15, 0.2) is 0 Å². The van der Waals surface area contributed by atoms with E-state index < -0.39 is 6.10 Å². The van der Waals surface area contributed by atoms with Gasteiger partial charge < -0.3 is 10.2 Å². The molecule has 2 N–H and O–H groups in total. The monoisotopic (exact) mass is 178 g/mol. The molecule has 0 fully saturated rings. The second-order valence-electron chi connectivity index (χ2n) is 3.32. The fraction of sp³-hybridized carbons (Fsp3) is 1.00. The number of aliphatic hydroxyl groups excluding tert-OH is 2. The Bertz CT molecular complexity index is 115. The van der Waals surface area contributed by atoms with Crippen LogP contribution in [0.5, 0.6) is 0 Å². The molecule has 0 amide bonds. The van der Waals surface area contributed by atoms with Crippen LogP contribution in [0.4, 0.5) is 0 Å². The predicted octanol–water partition coefficient (Wildman–Crippen LogP) is 1.07. The van der Waals surface area contributed by atoms with Crippen molar-refractivity contribution in [1.82, 2.24) is 0 Å². The van der Waals surface area contributed by atoms with Crippen molar-refractivity contribution in [3.8, 4) is 0 Å². The summed E-state index contributed by atoms with van der Waals surface area (Å²) in [6, 6.07) is 0. The van der Waals surface area contributed by atoms with Gasteiger partial charge in [0.15, 0.2) is 0 Å². The molecule has 0 spiro atoms. The zero-order valence-corrected chi connectivity index (χ0v) is 8.30. The van der Waals surface area contributed by atoms with Crippen LogP contribution >= 0.6 is 12.6 Å². The SMILES string of the molecule is CCC(C)(S)C(O)C(C)CO. The minimum atomic E-state index is -0.541. The van der Waals surface area contributed by atoms with Crippen LogP contribution in [-0.4, -0.2) is 27.7 Å². The van der Waals surface area contributed by atoms with Crippen LogP contribution in [-0.2, 0) is 0 Å². The Balaban J connectivity index is 4.10. The Morgan fingerprint density at radius 1 is 1.55 bits per heavy atom. The summed E-state index contributed by atoms with van der Waals surface area (Å²) in [6.45, 7) is 5.68. The number of thiol groups is 1. The van der Waals surface area contributed by atoms with Crippen molar-refractivity contribution in [3.05, 3.63) is 0 Å². The molecule has 0 radical (unpaired) electrons. The first-order chi connectivity index (χ1) is 4.95. The van der Waals surface area contributed by atoms with Crippen molar-refractivity contribution >= 4 is 12.6 Å². The largest absolute Gasteiger partial charge is 0.396 e. The second-order valence-corrected chi connectivity index (χ2v) is 4.34. The smallest absolute Gasteiger partial charge is 0.0728 e. The standard InChI is InChI=1S/C8H18O2S/c1-4-8(3,11)7(10)6(2)5-9/h6-7,9-11H,4-5H2,1-3H3. The van der Waals surface area contributed by atoms with Crippen molar-refractivity contribution in [3.63, 3.8) is 0 Å². The third kappa shape index (κ3) is 3.01. The maximum absolute atomic E-state index is 9.61. The number of hydrogen-bond donors (Lipinski definition) is 3. The fourth-order valence-corrected chi connectivity index (χ4v) is 1.18. The third-order valence-electron chi connectivity index (χ3n) is 2.18. The lowest BCUT2D eigenvalue weighted by Crippen LogP contribution is -2.39. The first-order valence-electron chi connectivity index (χ1n) is 3.97. The van der Waals surface area contributed by atoms with E-state index in [9.17, 15) is 5.11 Å². The Morgan fingerprint density at radius 2 is 2.00 bits per heavy atom. The maximum atomic E-state index is 9.61. The van der Waals surface area contributed by atoms with Gasteiger partial charge >= 0.3 is 0 Å². The summed E-state index contributed by atoms with van der Waals surface area (Å²) in [5, 5.41) is 18.4. The molecular formula is C8H18O2S. The number of aliphatic hydroxyl groups is 2. The van der Waals surface area contributed by atoms with Crippen LogP contribution < -0.4 is 0 Å². The fourth-order valence-electron chi connectivity index (χ4n) is 0.922. The molecule has 3 heteroatoms. The van der Waals surface area contributed by atoms with Crippen molar-refractivity contribution < 1.29 is 10.2 Å². The van der Waals surface area contributed by atoms with Gasteiger partial charge in [-0.25, -0.2) is 0 Å². The Hall–Kier alpha value is 0.270. The molecule has 68 valence electrons. The van der Waals surface area contributed by atoms with E-state index in [0.717, 1.165) is 6.42 Å². The van der Waals surface area contributed by atoms with Crippen LogP contribution in [0.1, 0.15) is 27.2 Å². The van der Waals surface area contributed by atoms with Crippen molar-refractivity contribution in [1.29, 1.82) is 0 Å². The minimum Gasteiger partial charge on any atom is -0.396 e. The summed E-state index contributed by atoms with van der Waals surface area (Å²) < 4.78 is -0.387. The van der Waals surface area contributed by atoms with E-state index in [4.69, 9.17) is 5.11 Å². The first kappa shape index (κ1) is 11.3. The highest BCUT2D eigenvalue weighted by molar-refractivity contribution is 7.81. The third-order valence-corrected chi connectivity index (χ3v) is 2.76. The Labute approximate surface area is 74.0 Å². The van der Waals surface area contributed by atoms with E-state index in [-0.39, 0.29) is 17.3 Å². The van der Waals surface area contributed by atoms with Gasteiger partial charge in [0, 0.05) is 17.3 Å². The molecular weight excluding hydrogens is 160 g/mol. The van der Waals surface area contributed by atoms with Gasteiger partial charge in [0.2, 0.25) is 0 Å². The zero-order valence-electron chi connectivity index (χ0n) is 7.41. The lowest BCUT2D eigenvalue weighted by molar-refractivity contribution is 0.0497. The average molecular weight is 178 g/mol. The van der Waals surface area contributed by atoms with Gasteiger partial charge in [-0.1, -0.05) is 13.8 Å². The molecule has 0 aliphatic heterocycles. The molecule has 0 aromatic heterocycles. The van der Waals surface area contributed by atoms with Gasteiger partial charge in [-0.05, 0) is 13.3 Å². The summed E-state index contributed by atoms with van der Waals surface area (Å²) in [7, 11) is 0. The first-order valence-corrected chi connectivity index (χ1v) is 4.41. The van der Waals surface area contributed by atoms with Gasteiger partial charge in [-0.15, -0.1) is 0 Å². The normalized spacial score (nSPS) is 22.4. The zero-order chi connectivity index (χ0) is 9.07. The summed E-state index contributed by atoms with van der Waals surface area (Å²) in [5.41, 5.74) is 0. The summed E-state index contributed by atoms with van der Waals surface area (Å²) in [4.78, 5) is 0. The van der Waals surface area contributed by atoms with Crippen molar-refractivity contribution in [2.24, 2.45) is 5.92 Å². The Morgan fingerprint density at radius 3 is 2.27 bits per heavy atom. The van der Waals surface area contributed by atoms with Crippen LogP contribution in [0.2, 0.25) is 0 Å². The summed E-state index contributed by atoms with van der Waals surface area (Å²) in [6.07, 6.45) is 0.252. The van der Waals surface area contributed by atoms with E-state index in [1.54, 1.807) is 0 Å². The molecule has 0 aromatic rings. The maximum Gasteiger partial charge on any atom is 0.0728 e. The topological polar surface area (TPSA) is 40.5 Å². The molecule has 0 aliphatic carbocycles. The van der Waals surface area contributed by atoms with Crippen LogP contribution in [0.3, 0.4) is 0 Å². The van der Waals surface area contributed by atoms with Crippen LogP contribution in [0.25, 0.3) is 0 Å². The second kappa shape index (κ2) is 4.33. The average Bonchev–Trinajstić information content (AvgIpc) is 2.01. The van der Waals surface area contributed by atoms with E-state index in [0.29, 0.717) is 0 Å². The van der Waals surface area contributed by atoms with E-state index in [2.05, 4.69) is 12.6 Å². The molecule has 0 aliphatic rings. The lowest BCUT2D eigenvalue weighted by Gasteiger charge is -2.31. The number of rotatable bonds is 4. The number of hydrogen-bond acceptors (Lipinski definition) is 3. The molecule has 2 nitrogen and oxygen atoms in total. The molecule has 0 saturated carbocycles. The summed E-state index contributed by atoms with van der Waals surface area (Å²) >= 11 is 4.31. The molecule has 11 heavy (non-hydrogen) atoms. The highest BCUT2D eigenvalue weighted by Gasteiger charge is 2.30. The lowest BCUT2D eigenvalue weighted by atomic mass is 9.91. The van der Waals surface area contributed by atoms with E-state index in [1.807, 2.05) is 20.8 Å². The van der Waals surface area contributed by atoms with Gasteiger partial charge in [0.1, 0.15) is 0 Å². The molecule has 3 unspecified atom stereocenters. The predicted molar refractivity (Wildman–Crippen MR) is 49.9 cm³/mol.